The van der Waals surface area contributed by atoms with Crippen LogP contribution in [-0.4, -0.2) is 20.4 Å². The highest BCUT2D eigenvalue weighted by Crippen LogP contribution is 2.32. The highest BCUT2D eigenvalue weighted by molar-refractivity contribution is 9.10. The molecule has 0 saturated carbocycles. The van der Waals surface area contributed by atoms with Gasteiger partial charge in [0.05, 0.1) is 11.1 Å². The molecule has 2 heterocycles. The number of benzene rings is 1. The van der Waals surface area contributed by atoms with Gasteiger partial charge in [-0.2, -0.15) is 0 Å². The van der Waals surface area contributed by atoms with Crippen LogP contribution in [0.2, 0.25) is 0 Å². The van der Waals surface area contributed by atoms with Crippen molar-refractivity contribution < 1.29 is 0 Å². The van der Waals surface area contributed by atoms with Gasteiger partial charge in [-0.3, -0.25) is 19.8 Å². The average Bonchev–Trinajstić information content (AvgIpc) is 2.97. The summed E-state index contributed by atoms with van der Waals surface area (Å²) in [6, 6.07) is 7.62. The van der Waals surface area contributed by atoms with E-state index in [1.54, 1.807) is 0 Å². The van der Waals surface area contributed by atoms with Gasteiger partial charge >= 0.3 is 0 Å². The fourth-order valence-electron chi connectivity index (χ4n) is 2.77. The Morgan fingerprint density at radius 3 is 1.83 bits per heavy atom. The lowest BCUT2D eigenvalue weighted by molar-refractivity contribution is 0.930. The summed E-state index contributed by atoms with van der Waals surface area (Å²) in [6.07, 6.45) is 0. The van der Waals surface area contributed by atoms with Crippen LogP contribution in [0.1, 0.15) is 34.0 Å². The van der Waals surface area contributed by atoms with Crippen LogP contribution < -0.4 is 11.1 Å². The molecule has 8 heteroatoms. The Balaban J connectivity index is 0.00000192. The SMILES string of the molecule is Cc1[nH][nH]c(=O)c1C(c1cccc(Br)c1)c1c(C)[nH][nH]c1=O.Cl. The van der Waals surface area contributed by atoms with E-state index in [4.69, 9.17) is 0 Å². The minimum atomic E-state index is -0.442. The standard InChI is InChI=1S/C15H15BrN4O2.ClH/c1-7-11(14(21)19-17-7)13(9-4-3-5-10(16)6-9)12-8(2)18-20-15(12)22;/h3-6,13H,1-2H3,(H2,17,19,21)(H2,18,20,22);1H. The topological polar surface area (TPSA) is 97.3 Å². The lowest BCUT2D eigenvalue weighted by Gasteiger charge is -2.16. The Kier molecular flexibility index (Phi) is 5.01. The van der Waals surface area contributed by atoms with Crippen LogP contribution in [0.4, 0.5) is 0 Å². The number of nitrogens with one attached hydrogen (secondary N) is 4. The molecule has 0 radical (unpaired) electrons. The molecule has 122 valence electrons. The zero-order valence-electron chi connectivity index (χ0n) is 12.5. The molecule has 0 bridgehead atoms. The van der Waals surface area contributed by atoms with Crippen molar-refractivity contribution in [2.24, 2.45) is 0 Å². The van der Waals surface area contributed by atoms with Crippen LogP contribution in [0, 0.1) is 13.8 Å². The van der Waals surface area contributed by atoms with Crippen molar-refractivity contribution in [1.82, 2.24) is 20.4 Å². The molecule has 3 aromatic rings. The summed E-state index contributed by atoms with van der Waals surface area (Å²) in [5.74, 6) is -0.442. The second-order valence-corrected chi connectivity index (χ2v) is 6.14. The molecule has 23 heavy (non-hydrogen) atoms. The van der Waals surface area contributed by atoms with E-state index in [1.807, 2.05) is 38.1 Å². The zero-order valence-corrected chi connectivity index (χ0v) is 14.9. The molecule has 0 amide bonds. The number of hydrogen-bond donors (Lipinski definition) is 4. The van der Waals surface area contributed by atoms with Gasteiger partial charge in [-0.1, -0.05) is 28.1 Å². The Labute approximate surface area is 146 Å². The van der Waals surface area contributed by atoms with Crippen molar-refractivity contribution in [3.8, 4) is 0 Å². The fraction of sp³-hybridized carbons (Fsp3) is 0.200. The zero-order chi connectivity index (χ0) is 15.9. The molecule has 0 aliphatic carbocycles. The molecule has 0 aliphatic heterocycles. The quantitative estimate of drug-likeness (QED) is 0.545. The molecule has 0 fully saturated rings. The number of halogens is 2. The summed E-state index contributed by atoms with van der Waals surface area (Å²) in [7, 11) is 0. The van der Waals surface area contributed by atoms with Crippen molar-refractivity contribution in [3.63, 3.8) is 0 Å². The first-order valence-corrected chi connectivity index (χ1v) is 7.58. The van der Waals surface area contributed by atoms with Gasteiger partial charge in [-0.05, 0) is 31.5 Å². The minimum Gasteiger partial charge on any atom is -0.302 e. The van der Waals surface area contributed by atoms with E-state index >= 15 is 0 Å². The lowest BCUT2D eigenvalue weighted by atomic mass is 9.85. The van der Waals surface area contributed by atoms with E-state index in [0.717, 1.165) is 21.4 Å². The second kappa shape index (κ2) is 6.64. The number of aromatic nitrogens is 4. The van der Waals surface area contributed by atoms with E-state index in [9.17, 15) is 9.59 Å². The summed E-state index contributed by atoms with van der Waals surface area (Å²) in [5, 5.41) is 10.8. The normalized spacial score (nSPS) is 10.8. The van der Waals surface area contributed by atoms with Crippen molar-refractivity contribution in [2.45, 2.75) is 19.8 Å². The fourth-order valence-corrected chi connectivity index (χ4v) is 3.19. The molecule has 0 aliphatic rings. The maximum absolute atomic E-state index is 12.2. The first-order chi connectivity index (χ1) is 10.5. The highest BCUT2D eigenvalue weighted by atomic mass is 79.9. The molecule has 2 aromatic heterocycles. The molecule has 0 atom stereocenters. The summed E-state index contributed by atoms with van der Waals surface area (Å²) in [4.78, 5) is 24.5. The summed E-state index contributed by atoms with van der Waals surface area (Å²) in [5.41, 5.74) is 2.96. The smallest absolute Gasteiger partial charge is 0.268 e. The Morgan fingerprint density at radius 1 is 0.913 bits per heavy atom. The lowest BCUT2D eigenvalue weighted by Crippen LogP contribution is -2.20. The largest absolute Gasteiger partial charge is 0.302 e. The minimum absolute atomic E-state index is 0. The van der Waals surface area contributed by atoms with Gasteiger partial charge in [0.1, 0.15) is 0 Å². The van der Waals surface area contributed by atoms with Gasteiger partial charge in [0.25, 0.3) is 11.1 Å². The molecule has 0 saturated heterocycles. The maximum atomic E-state index is 12.2. The number of aryl methyl sites for hydroxylation is 2. The third-order valence-corrected chi connectivity index (χ3v) is 4.28. The third-order valence-electron chi connectivity index (χ3n) is 3.78. The third kappa shape index (κ3) is 3.07. The predicted octanol–water partition coefficient (Wildman–Crippen LogP) is 2.70. The summed E-state index contributed by atoms with van der Waals surface area (Å²) < 4.78 is 0.893. The van der Waals surface area contributed by atoms with E-state index < -0.39 is 5.92 Å². The molecule has 6 nitrogen and oxygen atoms in total. The molecule has 4 N–H and O–H groups in total. The maximum Gasteiger partial charge on any atom is 0.268 e. The van der Waals surface area contributed by atoms with Crippen molar-refractivity contribution in [3.05, 3.63) is 77.5 Å². The van der Waals surface area contributed by atoms with Gasteiger partial charge in [0, 0.05) is 21.8 Å². The van der Waals surface area contributed by atoms with Crippen molar-refractivity contribution >= 4 is 28.3 Å². The van der Waals surface area contributed by atoms with Gasteiger partial charge in [0.2, 0.25) is 0 Å². The first-order valence-electron chi connectivity index (χ1n) is 6.78. The van der Waals surface area contributed by atoms with Crippen molar-refractivity contribution in [1.29, 1.82) is 0 Å². The average molecular weight is 400 g/mol. The number of aromatic amines is 4. The summed E-state index contributed by atoms with van der Waals surface area (Å²) in [6.45, 7) is 3.63. The van der Waals surface area contributed by atoms with Crippen LogP contribution in [0.5, 0.6) is 0 Å². The molecule has 0 unspecified atom stereocenters. The highest BCUT2D eigenvalue weighted by Gasteiger charge is 2.27. The van der Waals surface area contributed by atoms with Gasteiger partial charge in [-0.25, -0.2) is 0 Å². The molecule has 0 spiro atoms. The van der Waals surface area contributed by atoms with Crippen molar-refractivity contribution in [2.75, 3.05) is 0 Å². The van der Waals surface area contributed by atoms with Crippen LogP contribution in [0.15, 0.2) is 38.3 Å². The molecule has 3 rings (SSSR count). The predicted molar refractivity (Wildman–Crippen MR) is 94.6 cm³/mol. The number of H-pyrrole nitrogens is 4. The van der Waals surface area contributed by atoms with Crippen LogP contribution in [0.25, 0.3) is 0 Å². The van der Waals surface area contributed by atoms with Gasteiger partial charge < -0.3 is 10.2 Å². The van der Waals surface area contributed by atoms with Gasteiger partial charge in [0.15, 0.2) is 0 Å². The number of rotatable bonds is 3. The molecular formula is C15H16BrClN4O2. The Hall–Kier alpha value is -1.99. The molecule has 1 aromatic carbocycles. The van der Waals surface area contributed by atoms with E-state index in [-0.39, 0.29) is 23.5 Å². The van der Waals surface area contributed by atoms with Crippen LogP contribution >= 0.6 is 28.3 Å². The monoisotopic (exact) mass is 398 g/mol. The van der Waals surface area contributed by atoms with E-state index in [1.165, 1.54) is 0 Å². The second-order valence-electron chi connectivity index (χ2n) is 5.22. The van der Waals surface area contributed by atoms with E-state index in [2.05, 4.69) is 36.3 Å². The Bertz CT molecular complexity index is 883. The van der Waals surface area contributed by atoms with Gasteiger partial charge in [-0.15, -0.1) is 12.4 Å². The molecular weight excluding hydrogens is 384 g/mol. The Morgan fingerprint density at radius 2 is 1.43 bits per heavy atom. The summed E-state index contributed by atoms with van der Waals surface area (Å²) >= 11 is 3.44. The van der Waals surface area contributed by atoms with E-state index in [0.29, 0.717) is 11.1 Å². The first kappa shape index (κ1) is 17.4. The number of hydrogen-bond acceptors (Lipinski definition) is 2. The van der Waals surface area contributed by atoms with Crippen LogP contribution in [0.3, 0.4) is 0 Å². The van der Waals surface area contributed by atoms with Crippen LogP contribution in [-0.2, 0) is 0 Å².